The SMILES string of the molecule is Cc1ccc2cccc(NC(C)c3ccccc3Cl)c2n1. The third-order valence-corrected chi connectivity index (χ3v) is 3.95. The maximum atomic E-state index is 6.27. The van der Waals surface area contributed by atoms with Gasteiger partial charge in [-0.25, -0.2) is 0 Å². The number of fused-ring (bicyclic) bond motifs is 1. The van der Waals surface area contributed by atoms with Crippen molar-refractivity contribution in [2.45, 2.75) is 19.9 Å². The van der Waals surface area contributed by atoms with Crippen molar-refractivity contribution < 1.29 is 0 Å². The van der Waals surface area contributed by atoms with Crippen LogP contribution < -0.4 is 5.32 Å². The minimum Gasteiger partial charge on any atom is -0.377 e. The highest BCUT2D eigenvalue weighted by Gasteiger charge is 2.11. The zero-order valence-corrected chi connectivity index (χ0v) is 12.9. The second-order valence-electron chi connectivity index (χ2n) is 5.22. The maximum Gasteiger partial charge on any atom is 0.0936 e. The number of rotatable bonds is 3. The van der Waals surface area contributed by atoms with Crippen LogP contribution in [0.3, 0.4) is 0 Å². The highest BCUT2D eigenvalue weighted by atomic mass is 35.5. The van der Waals surface area contributed by atoms with Crippen molar-refractivity contribution in [3.63, 3.8) is 0 Å². The van der Waals surface area contributed by atoms with Gasteiger partial charge >= 0.3 is 0 Å². The van der Waals surface area contributed by atoms with Gasteiger partial charge in [0.15, 0.2) is 0 Å². The van der Waals surface area contributed by atoms with Crippen molar-refractivity contribution >= 4 is 28.2 Å². The number of pyridine rings is 1. The second kappa shape index (κ2) is 5.74. The van der Waals surface area contributed by atoms with Gasteiger partial charge in [-0.15, -0.1) is 0 Å². The molecule has 0 bridgehead atoms. The summed E-state index contributed by atoms with van der Waals surface area (Å²) in [6, 6.07) is 18.3. The average Bonchev–Trinajstić information content (AvgIpc) is 2.48. The largest absolute Gasteiger partial charge is 0.377 e. The van der Waals surface area contributed by atoms with Crippen LogP contribution in [0.2, 0.25) is 5.02 Å². The number of hydrogen-bond donors (Lipinski definition) is 1. The summed E-state index contributed by atoms with van der Waals surface area (Å²) in [5.74, 6) is 0. The third kappa shape index (κ3) is 2.86. The van der Waals surface area contributed by atoms with Crippen molar-refractivity contribution in [1.82, 2.24) is 4.98 Å². The van der Waals surface area contributed by atoms with Crippen LogP contribution in [0.25, 0.3) is 10.9 Å². The monoisotopic (exact) mass is 296 g/mol. The molecule has 1 aromatic heterocycles. The zero-order valence-electron chi connectivity index (χ0n) is 12.1. The normalized spacial score (nSPS) is 12.3. The molecule has 3 heteroatoms. The molecule has 0 spiro atoms. The lowest BCUT2D eigenvalue weighted by atomic mass is 10.1. The third-order valence-electron chi connectivity index (χ3n) is 3.60. The van der Waals surface area contributed by atoms with E-state index >= 15 is 0 Å². The first-order valence-corrected chi connectivity index (χ1v) is 7.40. The fourth-order valence-electron chi connectivity index (χ4n) is 2.50. The van der Waals surface area contributed by atoms with Gasteiger partial charge in [0.1, 0.15) is 0 Å². The Morgan fingerprint density at radius 1 is 1.00 bits per heavy atom. The summed E-state index contributed by atoms with van der Waals surface area (Å²) in [5.41, 5.74) is 4.13. The first-order chi connectivity index (χ1) is 10.1. The Labute approximate surface area is 129 Å². The van der Waals surface area contributed by atoms with Gasteiger partial charge in [0.2, 0.25) is 0 Å². The van der Waals surface area contributed by atoms with E-state index in [0.29, 0.717) is 0 Å². The summed E-state index contributed by atoms with van der Waals surface area (Å²) in [5, 5.41) is 5.44. The van der Waals surface area contributed by atoms with E-state index in [0.717, 1.165) is 32.9 Å². The van der Waals surface area contributed by atoms with Crippen LogP contribution in [0.5, 0.6) is 0 Å². The summed E-state index contributed by atoms with van der Waals surface area (Å²) < 4.78 is 0. The number of aryl methyl sites for hydroxylation is 1. The number of aromatic nitrogens is 1. The molecule has 3 rings (SSSR count). The van der Waals surface area contributed by atoms with Crippen LogP contribution in [0.15, 0.2) is 54.6 Å². The van der Waals surface area contributed by atoms with Gasteiger partial charge in [0.05, 0.1) is 17.2 Å². The minimum atomic E-state index is 0.117. The Morgan fingerprint density at radius 2 is 1.81 bits per heavy atom. The molecule has 0 saturated carbocycles. The molecule has 2 nitrogen and oxygen atoms in total. The summed E-state index contributed by atoms with van der Waals surface area (Å²) in [6.07, 6.45) is 0. The predicted octanol–water partition coefficient (Wildman–Crippen LogP) is 5.37. The van der Waals surface area contributed by atoms with E-state index in [4.69, 9.17) is 11.6 Å². The van der Waals surface area contributed by atoms with E-state index in [9.17, 15) is 0 Å². The smallest absolute Gasteiger partial charge is 0.0936 e. The molecule has 2 aromatic carbocycles. The number of nitrogens with one attached hydrogen (secondary N) is 1. The lowest BCUT2D eigenvalue weighted by Gasteiger charge is -2.18. The molecule has 1 atom stereocenters. The molecule has 0 saturated heterocycles. The number of hydrogen-bond acceptors (Lipinski definition) is 2. The maximum absolute atomic E-state index is 6.27. The number of nitrogens with zero attached hydrogens (tertiary/aromatic N) is 1. The number of halogens is 1. The Bertz CT molecular complexity index is 783. The van der Waals surface area contributed by atoms with Gasteiger partial charge in [-0.1, -0.05) is 48.0 Å². The van der Waals surface area contributed by atoms with Gasteiger partial charge in [-0.3, -0.25) is 4.98 Å². The van der Waals surface area contributed by atoms with Crippen LogP contribution in [0.1, 0.15) is 24.2 Å². The lowest BCUT2D eigenvalue weighted by Crippen LogP contribution is -2.08. The van der Waals surface area contributed by atoms with Crippen molar-refractivity contribution in [3.8, 4) is 0 Å². The quantitative estimate of drug-likeness (QED) is 0.703. The Hall–Kier alpha value is -2.06. The number of benzene rings is 2. The van der Waals surface area contributed by atoms with Crippen molar-refractivity contribution in [2.75, 3.05) is 5.32 Å². The highest BCUT2D eigenvalue weighted by Crippen LogP contribution is 2.29. The summed E-state index contributed by atoms with van der Waals surface area (Å²) in [6.45, 7) is 4.11. The Morgan fingerprint density at radius 3 is 2.62 bits per heavy atom. The van der Waals surface area contributed by atoms with Crippen LogP contribution in [0.4, 0.5) is 5.69 Å². The fourth-order valence-corrected chi connectivity index (χ4v) is 2.80. The summed E-state index contributed by atoms with van der Waals surface area (Å²) in [7, 11) is 0. The van der Waals surface area contributed by atoms with Crippen LogP contribution >= 0.6 is 11.6 Å². The average molecular weight is 297 g/mol. The Kier molecular flexibility index (Phi) is 3.80. The van der Waals surface area contributed by atoms with E-state index in [1.54, 1.807) is 0 Å². The van der Waals surface area contributed by atoms with E-state index in [2.05, 4.69) is 35.4 Å². The molecule has 1 heterocycles. The number of anilines is 1. The molecule has 0 aliphatic rings. The van der Waals surface area contributed by atoms with Crippen LogP contribution in [-0.2, 0) is 0 Å². The molecule has 106 valence electrons. The summed E-state index contributed by atoms with van der Waals surface area (Å²) in [4.78, 5) is 4.65. The van der Waals surface area contributed by atoms with Gasteiger partial charge in [-0.2, -0.15) is 0 Å². The van der Waals surface area contributed by atoms with Gasteiger partial charge in [0.25, 0.3) is 0 Å². The Balaban J connectivity index is 1.98. The molecule has 3 aromatic rings. The molecule has 0 radical (unpaired) electrons. The molecule has 1 N–H and O–H groups in total. The fraction of sp³-hybridized carbons (Fsp3) is 0.167. The molecule has 0 aliphatic heterocycles. The molecule has 21 heavy (non-hydrogen) atoms. The van der Waals surface area contributed by atoms with E-state index in [-0.39, 0.29) is 6.04 Å². The molecular weight excluding hydrogens is 280 g/mol. The van der Waals surface area contributed by atoms with Gasteiger partial charge < -0.3 is 5.32 Å². The van der Waals surface area contributed by atoms with Crippen LogP contribution in [-0.4, -0.2) is 4.98 Å². The highest BCUT2D eigenvalue weighted by molar-refractivity contribution is 6.31. The first-order valence-electron chi connectivity index (χ1n) is 7.02. The van der Waals surface area contributed by atoms with Crippen molar-refractivity contribution in [1.29, 1.82) is 0 Å². The van der Waals surface area contributed by atoms with Gasteiger partial charge in [0, 0.05) is 16.1 Å². The van der Waals surface area contributed by atoms with Crippen molar-refractivity contribution in [3.05, 3.63) is 70.9 Å². The molecule has 0 amide bonds. The van der Waals surface area contributed by atoms with Gasteiger partial charge in [-0.05, 0) is 37.6 Å². The standard InChI is InChI=1S/C18H17ClN2/c1-12-10-11-14-6-5-9-17(18(14)20-12)21-13(2)15-7-3-4-8-16(15)19/h3-11,13,21H,1-2H3. The minimum absolute atomic E-state index is 0.117. The number of para-hydroxylation sites is 1. The molecule has 0 aliphatic carbocycles. The van der Waals surface area contributed by atoms with E-state index < -0.39 is 0 Å². The van der Waals surface area contributed by atoms with Crippen molar-refractivity contribution in [2.24, 2.45) is 0 Å². The lowest BCUT2D eigenvalue weighted by molar-refractivity contribution is 0.886. The summed E-state index contributed by atoms with van der Waals surface area (Å²) >= 11 is 6.27. The topological polar surface area (TPSA) is 24.9 Å². The van der Waals surface area contributed by atoms with Crippen LogP contribution in [0, 0.1) is 6.92 Å². The first kappa shape index (κ1) is 13.9. The zero-order chi connectivity index (χ0) is 14.8. The molecule has 0 fully saturated rings. The molecule has 1 unspecified atom stereocenters. The predicted molar refractivity (Wildman–Crippen MR) is 90.0 cm³/mol. The van der Waals surface area contributed by atoms with E-state index in [1.807, 2.05) is 43.3 Å². The second-order valence-corrected chi connectivity index (χ2v) is 5.62. The molecular formula is C18H17ClN2. The van der Waals surface area contributed by atoms with E-state index in [1.165, 1.54) is 0 Å².